The van der Waals surface area contributed by atoms with Gasteiger partial charge in [0.25, 0.3) is 0 Å². The molecule has 0 saturated carbocycles. The van der Waals surface area contributed by atoms with E-state index in [1.54, 1.807) is 6.07 Å². The summed E-state index contributed by atoms with van der Waals surface area (Å²) in [6, 6.07) is 9.22. The molecule has 0 heterocycles. The molecule has 0 bridgehead atoms. The highest BCUT2D eigenvalue weighted by molar-refractivity contribution is 9.10. The van der Waals surface area contributed by atoms with Crippen LogP contribution in [0.5, 0.6) is 0 Å². The Kier molecular flexibility index (Phi) is 4.90. The highest BCUT2D eigenvalue weighted by Gasteiger charge is 2.11. The number of para-hydroxylation sites is 1. The first-order valence-corrected chi connectivity index (χ1v) is 7.00. The Labute approximate surface area is 129 Å². The molecule has 2 rings (SSSR count). The fourth-order valence-electron chi connectivity index (χ4n) is 1.79. The number of carbonyl (C=O) groups excluding carboxylic acids is 1. The van der Waals surface area contributed by atoms with E-state index in [4.69, 9.17) is 0 Å². The van der Waals surface area contributed by atoms with Crippen molar-refractivity contribution in [1.29, 1.82) is 0 Å². The molecule has 1 amide bonds. The highest BCUT2D eigenvalue weighted by Crippen LogP contribution is 2.26. The summed E-state index contributed by atoms with van der Waals surface area (Å²) in [6.45, 7) is 1.74. The Morgan fingerprint density at radius 2 is 1.95 bits per heavy atom. The fourth-order valence-corrected chi connectivity index (χ4v) is 2.34. The largest absolute Gasteiger partial charge is 0.373 e. The molecule has 0 fully saturated rings. The minimum absolute atomic E-state index is 0.0522. The first-order valence-electron chi connectivity index (χ1n) is 6.21. The number of aryl methyl sites for hydroxylation is 1. The van der Waals surface area contributed by atoms with E-state index < -0.39 is 11.6 Å². The topological polar surface area (TPSA) is 41.1 Å². The van der Waals surface area contributed by atoms with Gasteiger partial charge in [0, 0.05) is 16.2 Å². The highest BCUT2D eigenvalue weighted by atomic mass is 79.9. The van der Waals surface area contributed by atoms with E-state index >= 15 is 0 Å². The lowest BCUT2D eigenvalue weighted by Gasteiger charge is -2.11. The van der Waals surface area contributed by atoms with E-state index in [0.29, 0.717) is 5.69 Å². The fraction of sp³-hybridized carbons (Fsp3) is 0.133. The van der Waals surface area contributed by atoms with Crippen LogP contribution in [0.2, 0.25) is 0 Å². The average molecular weight is 355 g/mol. The Morgan fingerprint density at radius 1 is 1.24 bits per heavy atom. The minimum Gasteiger partial charge on any atom is -0.373 e. The Morgan fingerprint density at radius 3 is 2.62 bits per heavy atom. The van der Waals surface area contributed by atoms with Gasteiger partial charge in [-0.05, 0) is 40.5 Å². The number of carbonyl (C=O) groups is 1. The number of hydrogen-bond acceptors (Lipinski definition) is 2. The smallest absolute Gasteiger partial charge is 0.243 e. The monoisotopic (exact) mass is 354 g/mol. The molecule has 21 heavy (non-hydrogen) atoms. The Balaban J connectivity index is 2.01. The van der Waals surface area contributed by atoms with Gasteiger partial charge in [-0.1, -0.05) is 18.2 Å². The van der Waals surface area contributed by atoms with Crippen molar-refractivity contribution in [3.05, 3.63) is 58.1 Å². The molecule has 0 atom stereocenters. The summed E-state index contributed by atoms with van der Waals surface area (Å²) in [7, 11) is 0. The van der Waals surface area contributed by atoms with Crippen LogP contribution in [0.4, 0.5) is 20.2 Å². The minimum atomic E-state index is -0.759. The van der Waals surface area contributed by atoms with Crippen molar-refractivity contribution < 1.29 is 13.6 Å². The zero-order valence-corrected chi connectivity index (χ0v) is 12.8. The van der Waals surface area contributed by atoms with E-state index in [-0.39, 0.29) is 22.6 Å². The first kappa shape index (κ1) is 15.4. The maximum atomic E-state index is 13.6. The standard InChI is InChI=1S/C15H13BrF2N2O/c1-9-4-2-3-5-13(9)20-14(21)8-19-15-11(16)6-10(17)7-12(15)18/h2-7,19H,8H2,1H3,(H,20,21). The van der Waals surface area contributed by atoms with Crippen LogP contribution >= 0.6 is 15.9 Å². The van der Waals surface area contributed by atoms with Gasteiger partial charge in [-0.15, -0.1) is 0 Å². The summed E-state index contributed by atoms with van der Waals surface area (Å²) >= 11 is 3.05. The van der Waals surface area contributed by atoms with Gasteiger partial charge in [0.15, 0.2) is 0 Å². The summed E-state index contributed by atoms with van der Waals surface area (Å²) < 4.78 is 26.8. The van der Waals surface area contributed by atoms with Gasteiger partial charge in [-0.3, -0.25) is 4.79 Å². The molecule has 0 aliphatic carbocycles. The van der Waals surface area contributed by atoms with E-state index in [2.05, 4.69) is 26.6 Å². The number of anilines is 2. The quantitative estimate of drug-likeness (QED) is 0.868. The van der Waals surface area contributed by atoms with Crippen molar-refractivity contribution >= 4 is 33.2 Å². The number of halogens is 3. The van der Waals surface area contributed by atoms with Crippen molar-refractivity contribution in [2.45, 2.75) is 6.92 Å². The molecule has 2 aromatic rings. The van der Waals surface area contributed by atoms with Crippen LogP contribution < -0.4 is 10.6 Å². The molecular formula is C15H13BrF2N2O. The van der Waals surface area contributed by atoms with Crippen LogP contribution in [0.15, 0.2) is 40.9 Å². The summed E-state index contributed by atoms with van der Waals surface area (Å²) in [5, 5.41) is 5.36. The van der Waals surface area contributed by atoms with Crippen molar-refractivity contribution in [2.75, 3.05) is 17.2 Å². The molecule has 0 aliphatic rings. The second-order valence-electron chi connectivity index (χ2n) is 4.46. The maximum Gasteiger partial charge on any atom is 0.243 e. The van der Waals surface area contributed by atoms with Gasteiger partial charge in [0.05, 0.1) is 12.2 Å². The number of rotatable bonds is 4. The van der Waals surface area contributed by atoms with Crippen LogP contribution in [-0.2, 0) is 4.79 Å². The van der Waals surface area contributed by atoms with Crippen LogP contribution in [-0.4, -0.2) is 12.5 Å². The van der Waals surface area contributed by atoms with E-state index in [1.165, 1.54) is 0 Å². The van der Waals surface area contributed by atoms with Crippen molar-refractivity contribution in [1.82, 2.24) is 0 Å². The summed E-state index contributed by atoms with van der Waals surface area (Å²) in [4.78, 5) is 11.8. The predicted molar refractivity (Wildman–Crippen MR) is 82.4 cm³/mol. The molecule has 2 N–H and O–H groups in total. The molecule has 3 nitrogen and oxygen atoms in total. The van der Waals surface area contributed by atoms with Crippen molar-refractivity contribution in [3.63, 3.8) is 0 Å². The van der Waals surface area contributed by atoms with Crippen LogP contribution in [0.25, 0.3) is 0 Å². The zero-order chi connectivity index (χ0) is 15.4. The average Bonchev–Trinajstić information content (AvgIpc) is 2.40. The summed E-state index contributed by atoms with van der Waals surface area (Å²) in [5.41, 5.74) is 1.68. The van der Waals surface area contributed by atoms with Crippen LogP contribution in [0, 0.1) is 18.6 Å². The lowest BCUT2D eigenvalue weighted by atomic mass is 10.2. The summed E-state index contributed by atoms with van der Waals surface area (Å²) in [6.07, 6.45) is 0. The molecule has 0 radical (unpaired) electrons. The predicted octanol–water partition coefficient (Wildman–Crippen LogP) is 4.09. The molecule has 0 aliphatic heterocycles. The number of amides is 1. The third kappa shape index (κ3) is 4.01. The lowest BCUT2D eigenvalue weighted by molar-refractivity contribution is -0.114. The second kappa shape index (κ2) is 6.67. The molecular weight excluding hydrogens is 342 g/mol. The van der Waals surface area contributed by atoms with Gasteiger partial charge >= 0.3 is 0 Å². The molecule has 0 unspecified atom stereocenters. The molecule has 110 valence electrons. The van der Waals surface area contributed by atoms with Gasteiger partial charge in [-0.2, -0.15) is 0 Å². The first-order chi connectivity index (χ1) is 9.97. The van der Waals surface area contributed by atoms with Crippen LogP contribution in [0.3, 0.4) is 0 Å². The van der Waals surface area contributed by atoms with E-state index in [0.717, 1.165) is 17.7 Å². The second-order valence-corrected chi connectivity index (χ2v) is 5.32. The normalized spacial score (nSPS) is 10.3. The maximum absolute atomic E-state index is 13.6. The third-order valence-corrected chi connectivity index (χ3v) is 3.48. The molecule has 6 heteroatoms. The van der Waals surface area contributed by atoms with Gasteiger partial charge < -0.3 is 10.6 Å². The van der Waals surface area contributed by atoms with E-state index in [1.807, 2.05) is 25.1 Å². The van der Waals surface area contributed by atoms with Crippen LogP contribution in [0.1, 0.15) is 5.56 Å². The number of benzene rings is 2. The molecule has 0 spiro atoms. The third-order valence-electron chi connectivity index (χ3n) is 2.85. The number of hydrogen-bond donors (Lipinski definition) is 2. The zero-order valence-electron chi connectivity index (χ0n) is 11.2. The molecule has 0 aromatic heterocycles. The van der Waals surface area contributed by atoms with Gasteiger partial charge in [-0.25, -0.2) is 8.78 Å². The van der Waals surface area contributed by atoms with Crippen molar-refractivity contribution in [3.8, 4) is 0 Å². The van der Waals surface area contributed by atoms with Crippen molar-refractivity contribution in [2.24, 2.45) is 0 Å². The Bertz CT molecular complexity index is 653. The summed E-state index contributed by atoms with van der Waals surface area (Å²) in [5.74, 6) is -1.76. The van der Waals surface area contributed by atoms with E-state index in [9.17, 15) is 13.6 Å². The lowest BCUT2D eigenvalue weighted by Crippen LogP contribution is -2.22. The SMILES string of the molecule is Cc1ccccc1NC(=O)CNc1c(F)cc(F)cc1Br. The molecule has 2 aromatic carbocycles. The molecule has 0 saturated heterocycles. The number of nitrogens with one attached hydrogen (secondary N) is 2. The van der Waals surface area contributed by atoms with Gasteiger partial charge in [0.2, 0.25) is 5.91 Å². The van der Waals surface area contributed by atoms with Gasteiger partial charge in [0.1, 0.15) is 11.6 Å². The Hall–Kier alpha value is -1.95.